The number of rotatable bonds is 2. The fourth-order valence-electron chi connectivity index (χ4n) is 2.31. The largest absolute Gasteiger partial charge is 0.504 e. The van der Waals surface area contributed by atoms with Crippen molar-refractivity contribution >= 4 is 11.0 Å². The van der Waals surface area contributed by atoms with Crippen molar-refractivity contribution in [1.29, 1.82) is 0 Å². The summed E-state index contributed by atoms with van der Waals surface area (Å²) in [6, 6.07) is 9.15. The molecule has 5 nitrogen and oxygen atoms in total. The summed E-state index contributed by atoms with van der Waals surface area (Å²) in [4.78, 5) is 7.68. The number of benzene rings is 2. The molecule has 0 aliphatic rings. The molecule has 5 heteroatoms. The second kappa shape index (κ2) is 4.45. The number of H-pyrrole nitrogens is 1. The van der Waals surface area contributed by atoms with E-state index in [9.17, 15) is 10.2 Å². The van der Waals surface area contributed by atoms with Gasteiger partial charge in [0.15, 0.2) is 11.5 Å². The maximum absolute atomic E-state index is 9.80. The standard InChI is InChI=1S/C15H14N2O3/c1-8-9(7-12(18)13(19)14(8)20-2)15-16-10-5-3-4-6-11(10)17-15/h3-7,18-19H,1-2H3,(H,16,17). The molecule has 3 rings (SSSR count). The van der Waals surface area contributed by atoms with Gasteiger partial charge in [-0.05, 0) is 25.1 Å². The second-order valence-electron chi connectivity index (χ2n) is 4.55. The maximum Gasteiger partial charge on any atom is 0.200 e. The van der Waals surface area contributed by atoms with Crippen molar-refractivity contribution in [3.8, 4) is 28.6 Å². The number of para-hydroxylation sites is 2. The number of aromatic amines is 1. The molecule has 0 aliphatic heterocycles. The third kappa shape index (κ3) is 1.75. The van der Waals surface area contributed by atoms with Gasteiger partial charge in [-0.3, -0.25) is 0 Å². The number of nitrogens with one attached hydrogen (secondary N) is 1. The molecule has 3 aromatic rings. The van der Waals surface area contributed by atoms with Crippen molar-refractivity contribution in [3.05, 3.63) is 35.9 Å². The van der Waals surface area contributed by atoms with Gasteiger partial charge >= 0.3 is 0 Å². The van der Waals surface area contributed by atoms with E-state index in [1.54, 1.807) is 6.92 Å². The van der Waals surface area contributed by atoms with Crippen LogP contribution in [0.3, 0.4) is 0 Å². The molecular formula is C15H14N2O3. The number of aromatic nitrogens is 2. The van der Waals surface area contributed by atoms with Crippen molar-refractivity contribution < 1.29 is 14.9 Å². The van der Waals surface area contributed by atoms with Crippen molar-refractivity contribution in [1.82, 2.24) is 9.97 Å². The van der Waals surface area contributed by atoms with E-state index in [0.29, 0.717) is 17.0 Å². The minimum atomic E-state index is -0.259. The fraction of sp³-hybridized carbons (Fsp3) is 0.133. The molecule has 20 heavy (non-hydrogen) atoms. The van der Waals surface area contributed by atoms with Gasteiger partial charge in [-0.25, -0.2) is 4.98 Å². The highest BCUT2D eigenvalue weighted by Crippen LogP contribution is 2.43. The zero-order valence-electron chi connectivity index (χ0n) is 11.1. The summed E-state index contributed by atoms with van der Waals surface area (Å²) in [6.07, 6.45) is 0. The van der Waals surface area contributed by atoms with E-state index in [-0.39, 0.29) is 17.2 Å². The predicted molar refractivity (Wildman–Crippen MR) is 76.1 cm³/mol. The van der Waals surface area contributed by atoms with Crippen molar-refractivity contribution in [2.75, 3.05) is 7.11 Å². The van der Waals surface area contributed by atoms with Crippen LogP contribution in [-0.4, -0.2) is 27.3 Å². The average Bonchev–Trinajstić information content (AvgIpc) is 2.87. The number of ether oxygens (including phenoxy) is 1. The lowest BCUT2D eigenvalue weighted by Crippen LogP contribution is -1.93. The van der Waals surface area contributed by atoms with Crippen LogP contribution in [0.4, 0.5) is 0 Å². The number of nitrogens with zero attached hydrogens (tertiary/aromatic N) is 1. The summed E-state index contributed by atoms with van der Waals surface area (Å²) in [7, 11) is 1.45. The summed E-state index contributed by atoms with van der Waals surface area (Å²) in [5, 5.41) is 19.6. The molecule has 0 aliphatic carbocycles. The van der Waals surface area contributed by atoms with E-state index in [1.807, 2.05) is 24.3 Å². The number of phenols is 2. The highest BCUT2D eigenvalue weighted by molar-refractivity contribution is 5.81. The second-order valence-corrected chi connectivity index (χ2v) is 4.55. The zero-order chi connectivity index (χ0) is 14.3. The average molecular weight is 270 g/mol. The first-order chi connectivity index (χ1) is 9.61. The van der Waals surface area contributed by atoms with Crippen LogP contribution in [0.2, 0.25) is 0 Å². The Labute approximate surface area is 115 Å². The lowest BCUT2D eigenvalue weighted by Gasteiger charge is -2.12. The minimum Gasteiger partial charge on any atom is -0.504 e. The third-order valence-corrected chi connectivity index (χ3v) is 3.33. The first kappa shape index (κ1) is 12.3. The predicted octanol–water partition coefficient (Wildman–Crippen LogP) is 2.96. The molecule has 102 valence electrons. The summed E-state index contributed by atoms with van der Waals surface area (Å²) in [5.74, 6) is 0.380. The minimum absolute atomic E-state index is 0.233. The van der Waals surface area contributed by atoms with Gasteiger partial charge in [-0.15, -0.1) is 0 Å². The molecule has 0 spiro atoms. The first-order valence-electron chi connectivity index (χ1n) is 6.16. The van der Waals surface area contributed by atoms with Crippen LogP contribution >= 0.6 is 0 Å². The summed E-state index contributed by atoms with van der Waals surface area (Å²) >= 11 is 0. The topological polar surface area (TPSA) is 78.4 Å². The molecule has 0 saturated carbocycles. The normalized spacial score (nSPS) is 10.9. The van der Waals surface area contributed by atoms with Gasteiger partial charge < -0.3 is 19.9 Å². The number of methoxy groups -OCH3 is 1. The number of imidazole rings is 1. The van der Waals surface area contributed by atoms with Gasteiger partial charge in [0.05, 0.1) is 18.1 Å². The Morgan fingerprint density at radius 1 is 1.20 bits per heavy atom. The highest BCUT2D eigenvalue weighted by Gasteiger charge is 2.18. The van der Waals surface area contributed by atoms with E-state index < -0.39 is 0 Å². The molecule has 0 unspecified atom stereocenters. The lowest BCUT2D eigenvalue weighted by atomic mass is 10.1. The number of aromatic hydroxyl groups is 2. The smallest absolute Gasteiger partial charge is 0.200 e. The van der Waals surface area contributed by atoms with Crippen LogP contribution in [-0.2, 0) is 0 Å². The van der Waals surface area contributed by atoms with Gasteiger partial charge in [0, 0.05) is 11.1 Å². The van der Waals surface area contributed by atoms with Crippen molar-refractivity contribution in [2.24, 2.45) is 0 Å². The summed E-state index contributed by atoms with van der Waals surface area (Å²) in [5.41, 5.74) is 3.15. The van der Waals surface area contributed by atoms with Crippen LogP contribution in [0.5, 0.6) is 17.2 Å². The first-order valence-corrected chi connectivity index (χ1v) is 6.16. The third-order valence-electron chi connectivity index (χ3n) is 3.33. The molecule has 2 aromatic carbocycles. The quantitative estimate of drug-likeness (QED) is 0.625. The van der Waals surface area contributed by atoms with E-state index in [0.717, 1.165) is 11.0 Å². The molecule has 0 fully saturated rings. The van der Waals surface area contributed by atoms with Crippen LogP contribution < -0.4 is 4.74 Å². The van der Waals surface area contributed by atoms with Crippen molar-refractivity contribution in [2.45, 2.75) is 6.92 Å². The van der Waals surface area contributed by atoms with Crippen LogP contribution in [0.25, 0.3) is 22.4 Å². The van der Waals surface area contributed by atoms with Gasteiger partial charge in [-0.1, -0.05) is 12.1 Å². The Morgan fingerprint density at radius 2 is 1.95 bits per heavy atom. The Balaban J connectivity index is 2.26. The molecular weight excluding hydrogens is 256 g/mol. The monoisotopic (exact) mass is 270 g/mol. The molecule has 0 radical (unpaired) electrons. The van der Waals surface area contributed by atoms with Gasteiger partial charge in [0.25, 0.3) is 0 Å². The highest BCUT2D eigenvalue weighted by atomic mass is 16.5. The van der Waals surface area contributed by atoms with Crippen LogP contribution in [0.15, 0.2) is 30.3 Å². The fourth-order valence-corrected chi connectivity index (χ4v) is 2.31. The molecule has 0 atom stereocenters. The lowest BCUT2D eigenvalue weighted by molar-refractivity contribution is 0.349. The van der Waals surface area contributed by atoms with Gasteiger partial charge in [0.2, 0.25) is 5.75 Å². The molecule has 0 amide bonds. The number of fused-ring (bicyclic) bond motifs is 1. The Hall–Kier alpha value is -2.69. The number of phenolic OH excluding ortho intramolecular Hbond substituents is 2. The van der Waals surface area contributed by atoms with Crippen LogP contribution in [0.1, 0.15) is 5.56 Å². The van der Waals surface area contributed by atoms with E-state index in [2.05, 4.69) is 9.97 Å². The Bertz CT molecular complexity index is 760. The number of hydrogen-bond acceptors (Lipinski definition) is 4. The maximum atomic E-state index is 9.80. The van der Waals surface area contributed by atoms with Gasteiger partial charge in [0.1, 0.15) is 5.82 Å². The Kier molecular flexibility index (Phi) is 2.75. The van der Waals surface area contributed by atoms with Crippen LogP contribution in [0, 0.1) is 6.92 Å². The van der Waals surface area contributed by atoms with E-state index >= 15 is 0 Å². The molecule has 1 aromatic heterocycles. The van der Waals surface area contributed by atoms with E-state index in [4.69, 9.17) is 4.74 Å². The molecule has 0 saturated heterocycles. The molecule has 3 N–H and O–H groups in total. The molecule has 0 bridgehead atoms. The van der Waals surface area contributed by atoms with Crippen molar-refractivity contribution in [3.63, 3.8) is 0 Å². The SMILES string of the molecule is COc1c(C)c(-c2nc3ccccc3[nH]2)cc(O)c1O. The zero-order valence-corrected chi connectivity index (χ0v) is 11.1. The van der Waals surface area contributed by atoms with Gasteiger partial charge in [-0.2, -0.15) is 0 Å². The Morgan fingerprint density at radius 3 is 2.65 bits per heavy atom. The van der Waals surface area contributed by atoms with E-state index in [1.165, 1.54) is 13.2 Å². The summed E-state index contributed by atoms with van der Waals surface area (Å²) in [6.45, 7) is 1.81. The summed E-state index contributed by atoms with van der Waals surface area (Å²) < 4.78 is 5.14. The molecule has 1 heterocycles. The number of hydrogen-bond donors (Lipinski definition) is 3.